The topological polar surface area (TPSA) is 92.8 Å². The summed E-state index contributed by atoms with van der Waals surface area (Å²) in [4.78, 5) is 24.2. The van der Waals surface area contributed by atoms with Crippen LogP contribution in [0.25, 0.3) is 6.08 Å². The molecule has 1 aliphatic carbocycles. The first kappa shape index (κ1) is 23.1. The van der Waals surface area contributed by atoms with Crippen LogP contribution in [0.2, 0.25) is 0 Å². The molecule has 0 heterocycles. The zero-order chi connectivity index (χ0) is 21.4. The fraction of sp³-hybridized carbons (Fsp3) is 0.524. The highest BCUT2D eigenvalue weighted by Gasteiger charge is 2.23. The van der Waals surface area contributed by atoms with Gasteiger partial charge in [0.2, 0.25) is 10.0 Å². The van der Waals surface area contributed by atoms with Gasteiger partial charge in [0.1, 0.15) is 0 Å². The molecule has 1 fully saturated rings. The maximum Gasteiger partial charge on any atom is 0.331 e. The Morgan fingerprint density at radius 2 is 1.76 bits per heavy atom. The van der Waals surface area contributed by atoms with E-state index in [1.165, 1.54) is 28.6 Å². The summed E-state index contributed by atoms with van der Waals surface area (Å²) >= 11 is 0. The number of sulfonamides is 1. The third-order valence-electron chi connectivity index (χ3n) is 5.00. The van der Waals surface area contributed by atoms with Crippen LogP contribution in [0.1, 0.15) is 52.0 Å². The van der Waals surface area contributed by atoms with Crippen LogP contribution >= 0.6 is 0 Å². The van der Waals surface area contributed by atoms with Gasteiger partial charge in [0.25, 0.3) is 5.91 Å². The number of ether oxygens (including phenoxy) is 1. The Balaban J connectivity index is 1.91. The third kappa shape index (κ3) is 6.40. The van der Waals surface area contributed by atoms with Crippen LogP contribution in [0.5, 0.6) is 0 Å². The summed E-state index contributed by atoms with van der Waals surface area (Å²) in [5.74, 6) is -0.913. The second-order valence-corrected chi connectivity index (χ2v) is 9.00. The summed E-state index contributed by atoms with van der Waals surface area (Å²) in [5.41, 5.74) is 0.656. The van der Waals surface area contributed by atoms with Crippen LogP contribution in [0.15, 0.2) is 35.2 Å². The number of hydrogen-bond acceptors (Lipinski definition) is 5. The minimum Gasteiger partial charge on any atom is -0.449 e. The molecule has 1 aliphatic rings. The van der Waals surface area contributed by atoms with Gasteiger partial charge >= 0.3 is 5.97 Å². The largest absolute Gasteiger partial charge is 0.449 e. The molecule has 160 valence electrons. The number of nitrogens with one attached hydrogen (secondary N) is 1. The van der Waals surface area contributed by atoms with Gasteiger partial charge in [0.15, 0.2) is 6.10 Å². The number of rotatable bonds is 9. The smallest absolute Gasteiger partial charge is 0.331 e. The van der Waals surface area contributed by atoms with Crippen molar-refractivity contribution in [2.75, 3.05) is 13.1 Å². The second kappa shape index (κ2) is 10.5. The highest BCUT2D eigenvalue weighted by atomic mass is 32.2. The van der Waals surface area contributed by atoms with Crippen molar-refractivity contribution in [3.8, 4) is 0 Å². The Labute approximate surface area is 173 Å². The zero-order valence-electron chi connectivity index (χ0n) is 17.3. The minimum absolute atomic E-state index is 0.172. The van der Waals surface area contributed by atoms with E-state index < -0.39 is 22.1 Å². The summed E-state index contributed by atoms with van der Waals surface area (Å²) in [7, 11) is -3.51. The third-order valence-corrected chi connectivity index (χ3v) is 7.06. The molecular formula is C21H30N2O5S. The molecule has 1 aromatic carbocycles. The van der Waals surface area contributed by atoms with Crippen LogP contribution in [0.3, 0.4) is 0 Å². The summed E-state index contributed by atoms with van der Waals surface area (Å²) in [6, 6.07) is 6.43. The molecule has 1 saturated carbocycles. The molecule has 0 bridgehead atoms. The van der Waals surface area contributed by atoms with Crippen LogP contribution in [-0.2, 0) is 24.3 Å². The average molecular weight is 423 g/mol. The lowest BCUT2D eigenvalue weighted by molar-refractivity contribution is -0.150. The van der Waals surface area contributed by atoms with Gasteiger partial charge in [-0.2, -0.15) is 4.31 Å². The fourth-order valence-corrected chi connectivity index (χ4v) is 4.74. The molecule has 29 heavy (non-hydrogen) atoms. The Kier molecular flexibility index (Phi) is 8.40. The molecule has 0 saturated heterocycles. The van der Waals surface area contributed by atoms with Gasteiger partial charge in [-0.1, -0.05) is 38.8 Å². The van der Waals surface area contributed by atoms with E-state index in [1.807, 2.05) is 0 Å². The molecule has 0 aromatic heterocycles. The van der Waals surface area contributed by atoms with Gasteiger partial charge in [-0.25, -0.2) is 13.2 Å². The summed E-state index contributed by atoms with van der Waals surface area (Å²) in [6.45, 7) is 5.93. The van der Waals surface area contributed by atoms with Crippen molar-refractivity contribution in [2.24, 2.45) is 0 Å². The first-order valence-electron chi connectivity index (χ1n) is 10.1. The van der Waals surface area contributed by atoms with Gasteiger partial charge in [0, 0.05) is 25.2 Å². The molecule has 1 unspecified atom stereocenters. The number of amides is 1. The zero-order valence-corrected chi connectivity index (χ0v) is 18.1. The summed E-state index contributed by atoms with van der Waals surface area (Å²) < 4.78 is 31.5. The molecule has 8 heteroatoms. The Bertz CT molecular complexity index is 823. The Hall–Kier alpha value is -2.19. The highest BCUT2D eigenvalue weighted by molar-refractivity contribution is 7.89. The van der Waals surface area contributed by atoms with Gasteiger partial charge in [-0.3, -0.25) is 4.79 Å². The van der Waals surface area contributed by atoms with E-state index >= 15 is 0 Å². The summed E-state index contributed by atoms with van der Waals surface area (Å²) in [6.07, 6.45) is 6.03. The van der Waals surface area contributed by atoms with Crippen molar-refractivity contribution in [1.82, 2.24) is 9.62 Å². The van der Waals surface area contributed by atoms with Crippen LogP contribution in [-0.4, -0.2) is 49.8 Å². The van der Waals surface area contributed by atoms with Crippen molar-refractivity contribution in [2.45, 2.75) is 63.5 Å². The lowest BCUT2D eigenvalue weighted by Crippen LogP contribution is -2.40. The van der Waals surface area contributed by atoms with Crippen LogP contribution < -0.4 is 5.32 Å². The SMILES string of the molecule is CCN(CC)S(=O)(=O)c1ccc(C=CC(=O)OC(C)C(=O)NC2CCCC2)cc1. The Morgan fingerprint density at radius 1 is 1.17 bits per heavy atom. The van der Waals surface area contributed by atoms with Gasteiger partial charge in [0.05, 0.1) is 4.90 Å². The van der Waals surface area contributed by atoms with E-state index in [4.69, 9.17) is 4.74 Å². The molecule has 0 aliphatic heterocycles. The van der Waals surface area contributed by atoms with Gasteiger partial charge in [-0.05, 0) is 43.5 Å². The van der Waals surface area contributed by atoms with E-state index in [-0.39, 0.29) is 16.8 Å². The highest BCUT2D eigenvalue weighted by Crippen LogP contribution is 2.18. The van der Waals surface area contributed by atoms with Crippen molar-refractivity contribution in [1.29, 1.82) is 0 Å². The predicted molar refractivity (Wildman–Crippen MR) is 112 cm³/mol. The minimum atomic E-state index is -3.51. The van der Waals surface area contributed by atoms with Crippen LogP contribution in [0.4, 0.5) is 0 Å². The second-order valence-electron chi connectivity index (χ2n) is 7.06. The average Bonchev–Trinajstić information content (AvgIpc) is 3.20. The molecule has 1 amide bonds. The molecule has 0 spiro atoms. The quantitative estimate of drug-likeness (QED) is 0.488. The van der Waals surface area contributed by atoms with E-state index in [1.54, 1.807) is 32.9 Å². The van der Waals surface area contributed by atoms with E-state index in [2.05, 4.69) is 5.32 Å². The number of nitrogens with zero attached hydrogens (tertiary/aromatic N) is 1. The van der Waals surface area contributed by atoms with Crippen molar-refractivity contribution >= 4 is 28.0 Å². The number of carbonyl (C=O) groups excluding carboxylic acids is 2. The molecular weight excluding hydrogens is 392 g/mol. The molecule has 7 nitrogen and oxygen atoms in total. The fourth-order valence-electron chi connectivity index (χ4n) is 3.28. The van der Waals surface area contributed by atoms with Gasteiger partial charge in [-0.15, -0.1) is 0 Å². The van der Waals surface area contributed by atoms with Crippen molar-refractivity contribution in [3.05, 3.63) is 35.9 Å². The predicted octanol–water partition coefficient (Wildman–Crippen LogP) is 2.72. The van der Waals surface area contributed by atoms with E-state index in [0.29, 0.717) is 18.7 Å². The normalized spacial score (nSPS) is 16.3. The summed E-state index contributed by atoms with van der Waals surface area (Å²) in [5, 5.41) is 2.90. The van der Waals surface area contributed by atoms with Crippen molar-refractivity contribution in [3.63, 3.8) is 0 Å². The van der Waals surface area contributed by atoms with E-state index in [9.17, 15) is 18.0 Å². The molecule has 0 radical (unpaired) electrons. The van der Waals surface area contributed by atoms with E-state index in [0.717, 1.165) is 25.7 Å². The number of esters is 1. The molecule has 1 aromatic rings. The maximum absolute atomic E-state index is 12.5. The first-order chi connectivity index (χ1) is 13.8. The van der Waals surface area contributed by atoms with Gasteiger partial charge < -0.3 is 10.1 Å². The molecule has 1 atom stereocenters. The molecule has 2 rings (SSSR count). The number of hydrogen-bond donors (Lipinski definition) is 1. The molecule has 1 N–H and O–H groups in total. The Morgan fingerprint density at radius 3 is 2.31 bits per heavy atom. The maximum atomic E-state index is 12.5. The monoisotopic (exact) mass is 422 g/mol. The first-order valence-corrected chi connectivity index (χ1v) is 11.5. The lowest BCUT2D eigenvalue weighted by atomic mass is 10.2. The standard InChI is InChI=1S/C21H30N2O5S/c1-4-23(5-2)29(26,27)19-13-10-17(11-14-19)12-15-20(24)28-16(3)21(25)22-18-8-6-7-9-18/h10-16,18H,4-9H2,1-3H3,(H,22,25). The lowest BCUT2D eigenvalue weighted by Gasteiger charge is -2.18. The number of benzene rings is 1. The number of carbonyl (C=O) groups is 2. The van der Waals surface area contributed by atoms with Crippen LogP contribution in [0, 0.1) is 0 Å². The van der Waals surface area contributed by atoms with Crippen molar-refractivity contribution < 1.29 is 22.7 Å².